The fourth-order valence-electron chi connectivity index (χ4n) is 1.32. The van der Waals surface area contributed by atoms with E-state index in [0.29, 0.717) is 0 Å². The summed E-state index contributed by atoms with van der Waals surface area (Å²) >= 11 is 5.34. The number of hydrogen-bond acceptors (Lipinski definition) is 2. The van der Waals surface area contributed by atoms with Gasteiger partial charge in [0, 0.05) is 5.56 Å². The van der Waals surface area contributed by atoms with E-state index in [1.807, 2.05) is 43.3 Å². The van der Waals surface area contributed by atoms with Gasteiger partial charge in [0.05, 0.1) is 11.1 Å². The molecule has 0 amide bonds. The Morgan fingerprint density at radius 1 is 1.14 bits per heavy atom. The average molecular weight is 202 g/mol. The van der Waals surface area contributed by atoms with Gasteiger partial charge in [-0.05, 0) is 18.6 Å². The Morgan fingerprint density at radius 3 is 2.43 bits per heavy atom. The van der Waals surface area contributed by atoms with Crippen LogP contribution in [0, 0.1) is 6.92 Å². The third-order valence-electron chi connectivity index (χ3n) is 2.03. The van der Waals surface area contributed by atoms with Crippen LogP contribution in [0.3, 0.4) is 0 Å². The average Bonchev–Trinajstić information content (AvgIpc) is 2.65. The SMILES string of the molecule is Cc1cc(C(=S)c2ccccc2)co1. The molecule has 0 aliphatic carbocycles. The van der Waals surface area contributed by atoms with E-state index < -0.39 is 0 Å². The maximum absolute atomic E-state index is 5.34. The van der Waals surface area contributed by atoms with E-state index in [4.69, 9.17) is 16.6 Å². The van der Waals surface area contributed by atoms with E-state index in [0.717, 1.165) is 21.8 Å². The quantitative estimate of drug-likeness (QED) is 0.547. The first-order valence-corrected chi connectivity index (χ1v) is 4.83. The number of hydrogen-bond donors (Lipinski definition) is 0. The van der Waals surface area contributed by atoms with Gasteiger partial charge in [-0.15, -0.1) is 0 Å². The van der Waals surface area contributed by atoms with Crippen molar-refractivity contribution < 1.29 is 4.42 Å². The van der Waals surface area contributed by atoms with Crippen molar-refractivity contribution in [3.8, 4) is 0 Å². The second-order valence-electron chi connectivity index (χ2n) is 3.14. The number of aryl methyl sites for hydroxylation is 1. The molecule has 2 heteroatoms. The summed E-state index contributed by atoms with van der Waals surface area (Å²) in [4.78, 5) is 0.836. The molecular formula is C12H10OS. The summed E-state index contributed by atoms with van der Waals surface area (Å²) in [5, 5.41) is 0. The third-order valence-corrected chi connectivity index (χ3v) is 2.50. The van der Waals surface area contributed by atoms with Crippen LogP contribution >= 0.6 is 12.2 Å². The minimum Gasteiger partial charge on any atom is -0.469 e. The first-order chi connectivity index (χ1) is 6.77. The Hall–Kier alpha value is -1.41. The predicted octanol–water partition coefficient (Wildman–Crippen LogP) is 3.35. The highest BCUT2D eigenvalue weighted by Crippen LogP contribution is 2.13. The summed E-state index contributed by atoms with van der Waals surface area (Å²) in [6, 6.07) is 11.9. The topological polar surface area (TPSA) is 13.1 Å². The Morgan fingerprint density at radius 2 is 1.86 bits per heavy atom. The van der Waals surface area contributed by atoms with E-state index in [2.05, 4.69) is 0 Å². The van der Waals surface area contributed by atoms with Crippen LogP contribution in [-0.2, 0) is 0 Å². The zero-order chi connectivity index (χ0) is 9.97. The maximum atomic E-state index is 5.34. The Bertz CT molecular complexity index is 442. The van der Waals surface area contributed by atoms with Crippen molar-refractivity contribution >= 4 is 17.1 Å². The van der Waals surface area contributed by atoms with Crippen LogP contribution in [0.4, 0.5) is 0 Å². The lowest BCUT2D eigenvalue weighted by molar-refractivity contribution is 0.534. The van der Waals surface area contributed by atoms with Gasteiger partial charge in [0.25, 0.3) is 0 Å². The highest BCUT2D eigenvalue weighted by molar-refractivity contribution is 7.81. The summed E-state index contributed by atoms with van der Waals surface area (Å²) < 4.78 is 5.22. The normalized spacial score (nSPS) is 10.1. The van der Waals surface area contributed by atoms with Crippen molar-refractivity contribution in [3.63, 3.8) is 0 Å². The molecule has 0 aliphatic rings. The van der Waals surface area contributed by atoms with Crippen LogP contribution in [0.5, 0.6) is 0 Å². The van der Waals surface area contributed by atoms with Crippen LogP contribution in [0.2, 0.25) is 0 Å². The van der Waals surface area contributed by atoms with Crippen molar-refractivity contribution in [3.05, 3.63) is 59.5 Å². The molecule has 14 heavy (non-hydrogen) atoms. The van der Waals surface area contributed by atoms with Gasteiger partial charge >= 0.3 is 0 Å². The van der Waals surface area contributed by atoms with Gasteiger partial charge in [0.15, 0.2) is 0 Å². The van der Waals surface area contributed by atoms with Crippen LogP contribution < -0.4 is 0 Å². The van der Waals surface area contributed by atoms with Crippen LogP contribution in [0.15, 0.2) is 47.1 Å². The molecule has 0 saturated carbocycles. The van der Waals surface area contributed by atoms with Crippen LogP contribution in [0.1, 0.15) is 16.9 Å². The fraction of sp³-hybridized carbons (Fsp3) is 0.0833. The highest BCUT2D eigenvalue weighted by atomic mass is 32.1. The zero-order valence-electron chi connectivity index (χ0n) is 7.86. The molecule has 0 radical (unpaired) electrons. The Kier molecular flexibility index (Phi) is 2.46. The van der Waals surface area contributed by atoms with E-state index in [1.165, 1.54) is 0 Å². The third kappa shape index (κ3) is 1.75. The molecule has 0 fully saturated rings. The standard InChI is InChI=1S/C12H10OS/c1-9-7-11(8-13-9)12(14)10-5-3-2-4-6-10/h2-8H,1H3. The van der Waals surface area contributed by atoms with Gasteiger partial charge in [-0.1, -0.05) is 42.5 Å². The van der Waals surface area contributed by atoms with Gasteiger partial charge in [-0.25, -0.2) is 0 Å². The van der Waals surface area contributed by atoms with Crippen molar-refractivity contribution in [2.75, 3.05) is 0 Å². The van der Waals surface area contributed by atoms with Gasteiger partial charge in [0.2, 0.25) is 0 Å². The molecule has 1 aromatic carbocycles. The molecule has 2 aromatic rings. The molecule has 1 aromatic heterocycles. The lowest BCUT2D eigenvalue weighted by atomic mass is 10.1. The second kappa shape index (κ2) is 3.76. The van der Waals surface area contributed by atoms with Crippen LogP contribution in [0.25, 0.3) is 0 Å². The van der Waals surface area contributed by atoms with Gasteiger partial charge < -0.3 is 4.42 Å². The lowest BCUT2D eigenvalue weighted by Gasteiger charge is -1.98. The molecule has 0 unspecified atom stereocenters. The Labute approximate surface area is 88.4 Å². The molecule has 0 spiro atoms. The van der Waals surface area contributed by atoms with E-state index >= 15 is 0 Å². The van der Waals surface area contributed by atoms with Gasteiger partial charge in [0.1, 0.15) is 5.76 Å². The smallest absolute Gasteiger partial charge is 0.101 e. The van der Waals surface area contributed by atoms with Crippen molar-refractivity contribution in [1.29, 1.82) is 0 Å². The number of rotatable bonds is 2. The molecule has 0 atom stereocenters. The maximum Gasteiger partial charge on any atom is 0.101 e. The summed E-state index contributed by atoms with van der Waals surface area (Å²) in [5.41, 5.74) is 2.03. The molecule has 1 heterocycles. The fourth-order valence-corrected chi connectivity index (χ4v) is 1.56. The molecule has 70 valence electrons. The zero-order valence-corrected chi connectivity index (χ0v) is 8.67. The lowest BCUT2D eigenvalue weighted by Crippen LogP contribution is -1.96. The minimum atomic E-state index is 0.836. The number of furan rings is 1. The molecule has 0 aliphatic heterocycles. The molecule has 1 nitrogen and oxygen atoms in total. The second-order valence-corrected chi connectivity index (χ2v) is 3.55. The molecule has 0 saturated heterocycles. The summed E-state index contributed by atoms with van der Waals surface area (Å²) in [5.74, 6) is 0.887. The van der Waals surface area contributed by atoms with Crippen molar-refractivity contribution in [2.45, 2.75) is 6.92 Å². The molecule has 2 rings (SSSR count). The number of thiocarbonyl (C=S) groups is 1. The first kappa shape index (κ1) is 9.16. The van der Waals surface area contributed by atoms with Gasteiger partial charge in [-0.3, -0.25) is 0 Å². The summed E-state index contributed by atoms with van der Waals surface area (Å²) in [6.45, 7) is 1.91. The van der Waals surface area contributed by atoms with E-state index in [-0.39, 0.29) is 0 Å². The highest BCUT2D eigenvalue weighted by Gasteiger charge is 2.05. The monoisotopic (exact) mass is 202 g/mol. The van der Waals surface area contributed by atoms with Gasteiger partial charge in [-0.2, -0.15) is 0 Å². The van der Waals surface area contributed by atoms with E-state index in [1.54, 1.807) is 6.26 Å². The minimum absolute atomic E-state index is 0.836. The molecule has 0 N–H and O–H groups in total. The predicted molar refractivity (Wildman–Crippen MR) is 60.7 cm³/mol. The van der Waals surface area contributed by atoms with Crippen LogP contribution in [-0.4, -0.2) is 4.86 Å². The summed E-state index contributed by atoms with van der Waals surface area (Å²) in [6.07, 6.45) is 1.70. The van der Waals surface area contributed by atoms with E-state index in [9.17, 15) is 0 Å². The number of benzene rings is 1. The van der Waals surface area contributed by atoms with Crippen molar-refractivity contribution in [2.24, 2.45) is 0 Å². The summed E-state index contributed by atoms with van der Waals surface area (Å²) in [7, 11) is 0. The van der Waals surface area contributed by atoms with Crippen molar-refractivity contribution in [1.82, 2.24) is 0 Å². The molecule has 0 bridgehead atoms. The Balaban J connectivity index is 2.34. The first-order valence-electron chi connectivity index (χ1n) is 4.42. The molecular weight excluding hydrogens is 192 g/mol. The largest absolute Gasteiger partial charge is 0.469 e.